The van der Waals surface area contributed by atoms with Gasteiger partial charge in [0.05, 0.1) is 0 Å². The number of carboxylic acid groups (broad SMARTS) is 1. The predicted octanol–water partition coefficient (Wildman–Crippen LogP) is 3.92. The van der Waals surface area contributed by atoms with Crippen molar-refractivity contribution >= 4 is 5.97 Å². The van der Waals surface area contributed by atoms with Crippen LogP contribution >= 0.6 is 0 Å². The lowest BCUT2D eigenvalue weighted by molar-refractivity contribution is -0.143. The van der Waals surface area contributed by atoms with Gasteiger partial charge >= 0.3 is 5.97 Å². The molecule has 2 aliphatic carbocycles. The van der Waals surface area contributed by atoms with E-state index in [4.69, 9.17) is 0 Å². The highest BCUT2D eigenvalue weighted by molar-refractivity contribution is 5.74. The molecule has 0 amide bonds. The van der Waals surface area contributed by atoms with Crippen LogP contribution in [0.3, 0.4) is 0 Å². The third-order valence-electron chi connectivity index (χ3n) is 6.43. The van der Waals surface area contributed by atoms with Gasteiger partial charge in [-0.15, -0.1) is 0 Å². The number of rotatable bonds is 3. The molecule has 120 valence electrons. The summed E-state index contributed by atoms with van der Waals surface area (Å²) in [5.41, 5.74) is 0.501. The number of hydrogen-bond donors (Lipinski definition) is 1. The molecule has 0 aromatic heterocycles. The van der Waals surface area contributed by atoms with Crippen molar-refractivity contribution in [3.05, 3.63) is 0 Å². The van der Waals surface area contributed by atoms with E-state index in [-0.39, 0.29) is 6.04 Å². The summed E-state index contributed by atoms with van der Waals surface area (Å²) in [6.45, 7) is 5.78. The Morgan fingerprint density at radius 1 is 1.14 bits per heavy atom. The normalized spacial score (nSPS) is 37.3. The maximum absolute atomic E-state index is 11.7. The van der Waals surface area contributed by atoms with Gasteiger partial charge in [-0.1, -0.05) is 26.7 Å². The molecule has 0 aromatic carbocycles. The molecule has 3 rings (SSSR count). The number of carbonyl (C=O) groups is 1. The van der Waals surface area contributed by atoms with Crippen LogP contribution in [0.5, 0.6) is 0 Å². The fourth-order valence-electron chi connectivity index (χ4n) is 5.00. The topological polar surface area (TPSA) is 40.5 Å². The smallest absolute Gasteiger partial charge is 0.320 e. The van der Waals surface area contributed by atoms with Crippen LogP contribution in [-0.4, -0.2) is 34.6 Å². The third kappa shape index (κ3) is 3.28. The highest BCUT2D eigenvalue weighted by Gasteiger charge is 2.45. The van der Waals surface area contributed by atoms with Gasteiger partial charge in [0.1, 0.15) is 6.04 Å². The SMILES string of the molecule is CC1(C)CCC(CN2C(C(=O)O)CC3CCCCC32)CC1. The number of carboxylic acids is 1. The lowest BCUT2D eigenvalue weighted by atomic mass is 9.73. The van der Waals surface area contributed by atoms with E-state index in [0.29, 0.717) is 17.4 Å². The minimum absolute atomic E-state index is 0.201. The number of likely N-dealkylation sites (tertiary alicyclic amines) is 1. The van der Waals surface area contributed by atoms with Crippen LogP contribution in [0.15, 0.2) is 0 Å². The molecule has 1 saturated heterocycles. The Balaban J connectivity index is 1.65. The number of nitrogens with zero attached hydrogens (tertiary/aromatic N) is 1. The summed E-state index contributed by atoms with van der Waals surface area (Å²) in [5, 5.41) is 9.60. The molecular formula is C18H31NO2. The Labute approximate surface area is 129 Å². The first-order valence-electron chi connectivity index (χ1n) is 8.95. The maximum atomic E-state index is 11.7. The van der Waals surface area contributed by atoms with Gasteiger partial charge in [-0.3, -0.25) is 9.69 Å². The molecule has 1 aliphatic heterocycles. The van der Waals surface area contributed by atoms with Crippen molar-refractivity contribution in [2.45, 2.75) is 83.7 Å². The van der Waals surface area contributed by atoms with Gasteiger partial charge in [0.2, 0.25) is 0 Å². The van der Waals surface area contributed by atoms with E-state index < -0.39 is 5.97 Å². The molecule has 3 fully saturated rings. The van der Waals surface area contributed by atoms with E-state index in [0.717, 1.165) is 18.9 Å². The highest BCUT2D eigenvalue weighted by Crippen LogP contribution is 2.43. The average Bonchev–Trinajstić information content (AvgIpc) is 2.80. The Hall–Kier alpha value is -0.570. The third-order valence-corrected chi connectivity index (χ3v) is 6.43. The van der Waals surface area contributed by atoms with E-state index >= 15 is 0 Å². The molecular weight excluding hydrogens is 262 g/mol. The quantitative estimate of drug-likeness (QED) is 0.857. The van der Waals surface area contributed by atoms with Crippen molar-refractivity contribution in [2.24, 2.45) is 17.3 Å². The van der Waals surface area contributed by atoms with Crippen LogP contribution < -0.4 is 0 Å². The largest absolute Gasteiger partial charge is 0.480 e. The molecule has 3 heteroatoms. The number of aliphatic carboxylic acids is 1. The summed E-state index contributed by atoms with van der Waals surface area (Å²) in [4.78, 5) is 14.1. The Bertz CT molecular complexity index is 383. The molecule has 1 N–H and O–H groups in total. The summed E-state index contributed by atoms with van der Waals surface area (Å²) >= 11 is 0. The van der Waals surface area contributed by atoms with Gasteiger partial charge in [0.15, 0.2) is 0 Å². The summed E-state index contributed by atoms with van der Waals surface area (Å²) in [6.07, 6.45) is 11.2. The van der Waals surface area contributed by atoms with Crippen LogP contribution in [0.4, 0.5) is 0 Å². The standard InChI is InChI=1S/C18H31NO2/c1-18(2)9-7-13(8-10-18)12-19-15-6-4-3-5-14(15)11-16(19)17(20)21/h13-16H,3-12H2,1-2H3,(H,20,21). The van der Waals surface area contributed by atoms with Crippen molar-refractivity contribution in [1.82, 2.24) is 4.90 Å². The monoisotopic (exact) mass is 293 g/mol. The molecule has 0 radical (unpaired) electrons. The second-order valence-electron chi connectivity index (χ2n) is 8.51. The zero-order valence-corrected chi connectivity index (χ0v) is 13.7. The molecule has 3 nitrogen and oxygen atoms in total. The van der Waals surface area contributed by atoms with Crippen LogP contribution in [0.1, 0.15) is 71.6 Å². The molecule has 3 aliphatic rings. The fraction of sp³-hybridized carbons (Fsp3) is 0.944. The molecule has 0 spiro atoms. The summed E-state index contributed by atoms with van der Waals surface area (Å²) in [7, 11) is 0. The van der Waals surface area contributed by atoms with Crippen LogP contribution in [0, 0.1) is 17.3 Å². The molecule has 3 atom stereocenters. The van der Waals surface area contributed by atoms with Crippen LogP contribution in [0.25, 0.3) is 0 Å². The van der Waals surface area contributed by atoms with Gasteiger partial charge in [-0.05, 0) is 62.2 Å². The average molecular weight is 293 g/mol. The van der Waals surface area contributed by atoms with Crippen LogP contribution in [0.2, 0.25) is 0 Å². The first kappa shape index (κ1) is 15.3. The van der Waals surface area contributed by atoms with Crippen molar-refractivity contribution in [2.75, 3.05) is 6.54 Å². The molecule has 3 unspecified atom stereocenters. The zero-order chi connectivity index (χ0) is 15.0. The second-order valence-corrected chi connectivity index (χ2v) is 8.51. The minimum atomic E-state index is -0.583. The Morgan fingerprint density at radius 3 is 2.48 bits per heavy atom. The second kappa shape index (κ2) is 5.91. The van der Waals surface area contributed by atoms with E-state index in [9.17, 15) is 9.90 Å². The maximum Gasteiger partial charge on any atom is 0.320 e. The van der Waals surface area contributed by atoms with Gasteiger partial charge in [0.25, 0.3) is 0 Å². The fourth-order valence-corrected chi connectivity index (χ4v) is 5.00. The number of fused-ring (bicyclic) bond motifs is 1. The van der Waals surface area contributed by atoms with Crippen LogP contribution in [-0.2, 0) is 4.79 Å². The zero-order valence-electron chi connectivity index (χ0n) is 13.7. The van der Waals surface area contributed by atoms with Gasteiger partial charge < -0.3 is 5.11 Å². The van der Waals surface area contributed by atoms with E-state index in [1.54, 1.807) is 0 Å². The van der Waals surface area contributed by atoms with Crippen molar-refractivity contribution in [3.63, 3.8) is 0 Å². The molecule has 2 saturated carbocycles. The molecule has 1 heterocycles. The Kier molecular flexibility index (Phi) is 4.31. The molecule has 0 aromatic rings. The van der Waals surface area contributed by atoms with Crippen molar-refractivity contribution in [3.8, 4) is 0 Å². The summed E-state index contributed by atoms with van der Waals surface area (Å²) < 4.78 is 0. The predicted molar refractivity (Wildman–Crippen MR) is 84.2 cm³/mol. The van der Waals surface area contributed by atoms with E-state index in [2.05, 4.69) is 18.7 Å². The van der Waals surface area contributed by atoms with E-state index in [1.165, 1.54) is 51.4 Å². The number of hydrogen-bond acceptors (Lipinski definition) is 2. The lowest BCUT2D eigenvalue weighted by Crippen LogP contribution is -2.45. The van der Waals surface area contributed by atoms with Gasteiger partial charge in [-0.25, -0.2) is 0 Å². The highest BCUT2D eigenvalue weighted by atomic mass is 16.4. The van der Waals surface area contributed by atoms with Crippen molar-refractivity contribution in [1.29, 1.82) is 0 Å². The minimum Gasteiger partial charge on any atom is -0.480 e. The summed E-state index contributed by atoms with van der Waals surface area (Å²) in [6, 6.07) is 0.364. The van der Waals surface area contributed by atoms with Crippen molar-refractivity contribution < 1.29 is 9.90 Å². The van der Waals surface area contributed by atoms with Gasteiger partial charge in [-0.2, -0.15) is 0 Å². The first-order chi connectivity index (χ1) is 9.96. The molecule has 21 heavy (non-hydrogen) atoms. The van der Waals surface area contributed by atoms with Gasteiger partial charge in [0, 0.05) is 12.6 Å². The first-order valence-corrected chi connectivity index (χ1v) is 8.95. The lowest BCUT2D eigenvalue weighted by Gasteiger charge is -2.39. The summed E-state index contributed by atoms with van der Waals surface area (Å²) in [5.74, 6) is 0.793. The Morgan fingerprint density at radius 2 is 1.81 bits per heavy atom. The molecule has 0 bridgehead atoms. The van der Waals surface area contributed by atoms with E-state index in [1.807, 2.05) is 0 Å².